The molecule has 0 saturated carbocycles. The number of nitrogens with zero attached hydrogens (tertiary/aromatic N) is 3. The molecular weight excluding hydrogens is 777 g/mol. The highest BCUT2D eigenvalue weighted by atomic mass is 32.4. The smallest absolute Gasteiger partial charge is 0.172 e. The van der Waals surface area contributed by atoms with Gasteiger partial charge in [-0.2, -0.15) is 0 Å². The molecule has 0 fully saturated rings. The first kappa shape index (κ1) is 35.7. The number of imidazole rings is 1. The van der Waals surface area contributed by atoms with E-state index < -0.39 is 13.2 Å². The fraction of sp³-hybridized carbons (Fsp3) is 0. The molecule has 0 atom stereocenters. The van der Waals surface area contributed by atoms with Crippen LogP contribution < -0.4 is 31.8 Å². The van der Waals surface area contributed by atoms with Crippen LogP contribution >= 0.6 is 13.2 Å². The second-order valence-corrected chi connectivity index (χ2v) is 22.1. The van der Waals surface area contributed by atoms with Gasteiger partial charge in [0.1, 0.15) is 5.65 Å². The van der Waals surface area contributed by atoms with Gasteiger partial charge in [-0.3, -0.25) is 9.38 Å². The van der Waals surface area contributed by atoms with Crippen LogP contribution in [0.2, 0.25) is 0 Å². The summed E-state index contributed by atoms with van der Waals surface area (Å²) >= 11 is 6.82. The Morgan fingerprint density at radius 1 is 0.424 bits per heavy atom. The van der Waals surface area contributed by atoms with E-state index in [4.69, 9.17) is 21.8 Å². The maximum atomic E-state index is 15.1. The van der Waals surface area contributed by atoms with E-state index in [1.165, 1.54) is 0 Å². The van der Waals surface area contributed by atoms with Gasteiger partial charge in [0.2, 0.25) is 0 Å². The number of pyridine rings is 2. The SMILES string of the molecule is O=P(c1ccccc1)(c1ccccc1)c1cnc2cc(-c3ccc4nc5c6ccccc6c6ccc(P(=S)(c7ccccc7)c7ccccc7)cc6n5c4c3)ccc2c1. The summed E-state index contributed by atoms with van der Waals surface area (Å²) in [7, 11) is -3.16. The van der Waals surface area contributed by atoms with Crippen LogP contribution in [0.25, 0.3) is 60.4 Å². The van der Waals surface area contributed by atoms with Gasteiger partial charge in [0.25, 0.3) is 0 Å². The van der Waals surface area contributed by atoms with Gasteiger partial charge >= 0.3 is 0 Å². The van der Waals surface area contributed by atoms with Crippen LogP contribution in [0.5, 0.6) is 0 Å². The Kier molecular flexibility index (Phi) is 8.53. The largest absolute Gasteiger partial charge is 0.309 e. The third-order valence-corrected chi connectivity index (χ3v) is 19.5. The van der Waals surface area contributed by atoms with Gasteiger partial charge in [-0.25, -0.2) is 4.98 Å². The molecule has 11 rings (SSSR count). The Labute approximate surface area is 346 Å². The summed E-state index contributed by atoms with van der Waals surface area (Å²) < 4.78 is 17.4. The number of fused-ring (bicyclic) bond motifs is 9. The zero-order chi connectivity index (χ0) is 39.6. The zero-order valence-electron chi connectivity index (χ0n) is 31.8. The first-order valence-corrected chi connectivity index (χ1v) is 24.1. The monoisotopic (exact) mass is 811 g/mol. The summed E-state index contributed by atoms with van der Waals surface area (Å²) in [6, 6.07) is 68.5. The minimum atomic E-state index is -3.16. The molecule has 0 N–H and O–H groups in total. The molecule has 280 valence electrons. The topological polar surface area (TPSA) is 47.3 Å². The van der Waals surface area contributed by atoms with Gasteiger partial charge in [0, 0.05) is 44.3 Å². The fourth-order valence-electron chi connectivity index (χ4n) is 8.63. The number of hydrogen-bond donors (Lipinski definition) is 0. The van der Waals surface area contributed by atoms with Gasteiger partial charge in [-0.15, -0.1) is 0 Å². The molecule has 7 heteroatoms. The van der Waals surface area contributed by atoms with Crippen LogP contribution in [0.4, 0.5) is 0 Å². The highest BCUT2D eigenvalue weighted by Gasteiger charge is 2.30. The number of aromatic nitrogens is 3. The Bertz CT molecular complexity index is 3410. The molecule has 0 spiro atoms. The van der Waals surface area contributed by atoms with Crippen molar-refractivity contribution < 1.29 is 4.57 Å². The lowest BCUT2D eigenvalue weighted by atomic mass is 10.0. The summed E-state index contributed by atoms with van der Waals surface area (Å²) in [5.74, 6) is 0. The molecule has 0 aliphatic rings. The lowest BCUT2D eigenvalue weighted by Crippen LogP contribution is -2.25. The third-order valence-electron chi connectivity index (χ3n) is 11.5. The molecule has 0 amide bonds. The molecule has 0 radical (unpaired) electrons. The van der Waals surface area contributed by atoms with E-state index in [0.29, 0.717) is 5.30 Å². The Morgan fingerprint density at radius 3 is 1.63 bits per heavy atom. The molecule has 0 unspecified atom stereocenters. The fourth-order valence-corrected chi connectivity index (χ4v) is 15.0. The second kappa shape index (κ2) is 14.1. The van der Waals surface area contributed by atoms with Crippen molar-refractivity contribution in [3.8, 4) is 11.1 Å². The van der Waals surface area contributed by atoms with Crippen molar-refractivity contribution >= 4 is 106 Å². The molecule has 4 nitrogen and oxygen atoms in total. The predicted octanol–water partition coefficient (Wildman–Crippen LogP) is 10.4. The maximum absolute atomic E-state index is 15.1. The van der Waals surface area contributed by atoms with Crippen LogP contribution in [0.1, 0.15) is 0 Å². The summed E-state index contributed by atoms with van der Waals surface area (Å²) in [5, 5.41) is 10.1. The summed E-state index contributed by atoms with van der Waals surface area (Å²) in [5.41, 5.74) is 6.87. The van der Waals surface area contributed by atoms with Crippen LogP contribution in [-0.2, 0) is 16.4 Å². The summed E-state index contributed by atoms with van der Waals surface area (Å²) in [6.07, 6.45) is 1.79. The molecule has 0 bridgehead atoms. The molecular formula is C52H35N3OP2S. The molecule has 11 aromatic rings. The lowest BCUT2D eigenvalue weighted by molar-refractivity contribution is 0.592. The molecule has 0 saturated heterocycles. The van der Waals surface area contributed by atoms with Crippen molar-refractivity contribution in [3.05, 3.63) is 212 Å². The minimum Gasteiger partial charge on any atom is -0.309 e. The van der Waals surface area contributed by atoms with Crippen LogP contribution in [-0.4, -0.2) is 14.4 Å². The van der Waals surface area contributed by atoms with E-state index in [-0.39, 0.29) is 0 Å². The van der Waals surface area contributed by atoms with Gasteiger partial charge in [-0.05, 0) is 62.8 Å². The van der Waals surface area contributed by atoms with Gasteiger partial charge in [0.15, 0.2) is 7.14 Å². The van der Waals surface area contributed by atoms with E-state index in [9.17, 15) is 0 Å². The van der Waals surface area contributed by atoms with Crippen molar-refractivity contribution in [1.82, 2.24) is 14.4 Å². The van der Waals surface area contributed by atoms with E-state index in [0.717, 1.165) is 86.9 Å². The zero-order valence-corrected chi connectivity index (χ0v) is 34.4. The first-order chi connectivity index (χ1) is 29.0. The highest BCUT2D eigenvalue weighted by molar-refractivity contribution is 8.25. The predicted molar refractivity (Wildman–Crippen MR) is 254 cm³/mol. The van der Waals surface area contributed by atoms with Crippen molar-refractivity contribution in [2.75, 3.05) is 0 Å². The molecule has 3 aromatic heterocycles. The summed E-state index contributed by atoms with van der Waals surface area (Å²) in [6.45, 7) is 0. The average Bonchev–Trinajstić information content (AvgIpc) is 3.71. The number of benzene rings is 8. The quantitative estimate of drug-likeness (QED) is 0.119. The molecule has 3 heterocycles. The average molecular weight is 812 g/mol. The second-order valence-electron chi connectivity index (χ2n) is 14.9. The van der Waals surface area contributed by atoms with Crippen LogP contribution in [0, 0.1) is 0 Å². The minimum absolute atomic E-state index is 0.714. The molecule has 8 aromatic carbocycles. The standard InChI is InChI=1S/C52H35N3OP2S/c56-57(39-15-5-1-6-16-39,40-17-7-2-8-18-40)44-31-38-26-25-36(32-49(38)53-35-44)37-27-30-48-51(33-37)55-50-34-43(28-29-46(50)45-23-13-14-24-47(45)52(55)54-48)58(59,41-19-9-3-10-20-41)42-21-11-4-12-22-42/h1-35H. The third kappa shape index (κ3) is 5.73. The molecule has 59 heavy (non-hydrogen) atoms. The van der Waals surface area contributed by atoms with E-state index in [1.54, 1.807) is 6.20 Å². The first-order valence-electron chi connectivity index (χ1n) is 19.6. The van der Waals surface area contributed by atoms with Crippen LogP contribution in [0.3, 0.4) is 0 Å². The van der Waals surface area contributed by atoms with Crippen molar-refractivity contribution in [3.63, 3.8) is 0 Å². The van der Waals surface area contributed by atoms with E-state index in [1.807, 2.05) is 66.7 Å². The highest BCUT2D eigenvalue weighted by Crippen LogP contribution is 2.45. The number of hydrogen-bond acceptors (Lipinski definition) is 4. The Hall–Kier alpha value is -6.48. The van der Waals surface area contributed by atoms with Crippen molar-refractivity contribution in [2.45, 2.75) is 0 Å². The van der Waals surface area contributed by atoms with E-state index >= 15 is 4.57 Å². The van der Waals surface area contributed by atoms with Crippen molar-refractivity contribution in [1.29, 1.82) is 0 Å². The van der Waals surface area contributed by atoms with E-state index in [2.05, 4.69) is 144 Å². The Morgan fingerprint density at radius 2 is 0.983 bits per heavy atom. The van der Waals surface area contributed by atoms with Gasteiger partial charge in [-0.1, -0.05) is 188 Å². The molecule has 0 aliphatic carbocycles. The van der Waals surface area contributed by atoms with Gasteiger partial charge in [0.05, 0.1) is 22.1 Å². The lowest BCUT2D eigenvalue weighted by Gasteiger charge is -2.24. The maximum Gasteiger partial charge on any atom is 0.172 e. The number of rotatable bonds is 7. The normalized spacial score (nSPS) is 12.2. The van der Waals surface area contributed by atoms with Gasteiger partial charge < -0.3 is 4.57 Å². The summed E-state index contributed by atoms with van der Waals surface area (Å²) in [4.78, 5) is 10.2. The molecule has 0 aliphatic heterocycles. The van der Waals surface area contributed by atoms with Crippen LogP contribution in [0.15, 0.2) is 212 Å². The Balaban J connectivity index is 1.09. The van der Waals surface area contributed by atoms with Crippen molar-refractivity contribution in [2.24, 2.45) is 0 Å².